The summed E-state index contributed by atoms with van der Waals surface area (Å²) in [5.74, 6) is 0. The van der Waals surface area contributed by atoms with E-state index in [1.54, 1.807) is 0 Å². The number of aromatic nitrogens is 1. The van der Waals surface area contributed by atoms with Crippen molar-refractivity contribution in [2.24, 2.45) is 0 Å². The Hall–Kier alpha value is -0.890. The van der Waals surface area contributed by atoms with Gasteiger partial charge < -0.3 is 5.32 Å². The van der Waals surface area contributed by atoms with Gasteiger partial charge in [-0.1, -0.05) is 38.7 Å². The van der Waals surface area contributed by atoms with E-state index in [1.165, 1.54) is 43.4 Å². The van der Waals surface area contributed by atoms with E-state index in [4.69, 9.17) is 0 Å². The van der Waals surface area contributed by atoms with Crippen LogP contribution >= 0.6 is 0 Å². The maximum absolute atomic E-state index is 4.47. The molecule has 0 bridgehead atoms. The van der Waals surface area contributed by atoms with Gasteiger partial charge in [0, 0.05) is 24.4 Å². The Morgan fingerprint density at radius 2 is 2.06 bits per heavy atom. The van der Waals surface area contributed by atoms with Gasteiger partial charge in [-0.15, -0.1) is 0 Å². The van der Waals surface area contributed by atoms with Crippen LogP contribution in [0.5, 0.6) is 0 Å². The van der Waals surface area contributed by atoms with Crippen LogP contribution in [0.2, 0.25) is 0 Å². The first-order valence-electron chi connectivity index (χ1n) is 6.85. The first kappa shape index (κ1) is 14.2. The van der Waals surface area contributed by atoms with Crippen molar-refractivity contribution in [2.75, 3.05) is 7.05 Å². The summed E-state index contributed by atoms with van der Waals surface area (Å²) in [6.07, 6.45) is 9.61. The van der Waals surface area contributed by atoms with E-state index in [1.807, 2.05) is 6.20 Å². The van der Waals surface area contributed by atoms with Crippen LogP contribution in [-0.4, -0.2) is 18.1 Å². The van der Waals surface area contributed by atoms with Crippen molar-refractivity contribution in [3.8, 4) is 0 Å². The van der Waals surface area contributed by atoms with Crippen molar-refractivity contribution in [3.05, 3.63) is 29.6 Å². The molecule has 0 aliphatic carbocycles. The minimum Gasteiger partial charge on any atom is -0.317 e. The summed E-state index contributed by atoms with van der Waals surface area (Å²) in [5.41, 5.74) is 2.43. The van der Waals surface area contributed by atoms with E-state index in [9.17, 15) is 0 Å². The van der Waals surface area contributed by atoms with Crippen molar-refractivity contribution in [1.29, 1.82) is 0 Å². The number of nitrogens with one attached hydrogen (secondary N) is 1. The van der Waals surface area contributed by atoms with Crippen LogP contribution in [0.1, 0.15) is 50.3 Å². The molecule has 1 unspecified atom stereocenters. The van der Waals surface area contributed by atoms with Crippen molar-refractivity contribution in [1.82, 2.24) is 10.3 Å². The molecule has 1 N–H and O–H groups in total. The predicted octanol–water partition coefficient (Wildman–Crippen LogP) is 3.49. The lowest BCUT2D eigenvalue weighted by Crippen LogP contribution is -2.27. The monoisotopic (exact) mass is 234 g/mol. The van der Waals surface area contributed by atoms with Crippen LogP contribution in [0, 0.1) is 6.92 Å². The number of aryl methyl sites for hydroxylation is 1. The molecule has 2 nitrogen and oxygen atoms in total. The summed E-state index contributed by atoms with van der Waals surface area (Å²) < 4.78 is 0. The zero-order valence-electron chi connectivity index (χ0n) is 11.5. The fourth-order valence-corrected chi connectivity index (χ4v) is 2.04. The quantitative estimate of drug-likeness (QED) is 0.696. The summed E-state index contributed by atoms with van der Waals surface area (Å²) in [6.45, 7) is 4.34. The average Bonchev–Trinajstić information content (AvgIpc) is 2.35. The highest BCUT2D eigenvalue weighted by Gasteiger charge is 2.07. The fraction of sp³-hybridized carbons (Fsp3) is 0.667. The zero-order valence-corrected chi connectivity index (χ0v) is 11.5. The largest absolute Gasteiger partial charge is 0.317 e. The van der Waals surface area contributed by atoms with Gasteiger partial charge in [0.2, 0.25) is 0 Å². The van der Waals surface area contributed by atoms with Crippen molar-refractivity contribution in [2.45, 2.75) is 58.4 Å². The second-order valence-electron chi connectivity index (χ2n) is 4.87. The number of likely N-dealkylation sites (N-methyl/N-ethyl adjacent to an activating group) is 1. The number of unbranched alkanes of at least 4 members (excludes halogenated alkanes) is 3. The normalized spacial score (nSPS) is 12.6. The van der Waals surface area contributed by atoms with Crippen molar-refractivity contribution >= 4 is 0 Å². The van der Waals surface area contributed by atoms with Gasteiger partial charge in [0.25, 0.3) is 0 Å². The van der Waals surface area contributed by atoms with E-state index in [0.717, 1.165) is 6.42 Å². The van der Waals surface area contributed by atoms with E-state index < -0.39 is 0 Å². The highest BCUT2D eigenvalue weighted by Crippen LogP contribution is 2.09. The van der Waals surface area contributed by atoms with Crippen molar-refractivity contribution < 1.29 is 0 Å². The first-order chi connectivity index (χ1) is 8.26. The van der Waals surface area contributed by atoms with Crippen LogP contribution in [0.25, 0.3) is 0 Å². The second kappa shape index (κ2) is 8.24. The molecule has 17 heavy (non-hydrogen) atoms. The molecule has 0 amide bonds. The van der Waals surface area contributed by atoms with Gasteiger partial charge in [-0.2, -0.15) is 0 Å². The Labute approximate surface area is 106 Å². The van der Waals surface area contributed by atoms with Gasteiger partial charge in [-0.05, 0) is 32.0 Å². The standard InChI is InChI=1S/C15H26N2/c1-4-5-6-7-8-14(16-3)11-15-10-9-13(2)12-17-15/h9-10,12,14,16H,4-8,11H2,1-3H3. The minimum atomic E-state index is 0.571. The molecular formula is C15H26N2. The lowest BCUT2D eigenvalue weighted by Gasteiger charge is -2.15. The summed E-state index contributed by atoms with van der Waals surface area (Å²) in [6, 6.07) is 4.86. The molecule has 96 valence electrons. The van der Waals surface area contributed by atoms with E-state index >= 15 is 0 Å². The topological polar surface area (TPSA) is 24.9 Å². The third-order valence-electron chi connectivity index (χ3n) is 3.24. The molecule has 0 saturated heterocycles. The molecule has 1 heterocycles. The molecule has 1 rings (SSSR count). The summed E-state index contributed by atoms with van der Waals surface area (Å²) in [7, 11) is 2.05. The highest BCUT2D eigenvalue weighted by molar-refractivity contribution is 5.13. The maximum atomic E-state index is 4.47. The molecule has 0 radical (unpaired) electrons. The van der Waals surface area contributed by atoms with Crippen LogP contribution in [0.3, 0.4) is 0 Å². The molecule has 1 aromatic rings. The van der Waals surface area contributed by atoms with Crippen molar-refractivity contribution in [3.63, 3.8) is 0 Å². The van der Waals surface area contributed by atoms with Crippen LogP contribution in [-0.2, 0) is 6.42 Å². The summed E-state index contributed by atoms with van der Waals surface area (Å²) in [5, 5.41) is 3.40. The molecule has 0 saturated carbocycles. The lowest BCUT2D eigenvalue weighted by molar-refractivity contribution is 0.481. The van der Waals surface area contributed by atoms with Crippen LogP contribution in [0.4, 0.5) is 0 Å². The van der Waals surface area contributed by atoms with Gasteiger partial charge in [-0.3, -0.25) is 4.98 Å². The van der Waals surface area contributed by atoms with E-state index in [-0.39, 0.29) is 0 Å². The number of hydrogen-bond donors (Lipinski definition) is 1. The Bertz CT molecular complexity index is 292. The van der Waals surface area contributed by atoms with Gasteiger partial charge in [0.15, 0.2) is 0 Å². The molecular weight excluding hydrogens is 208 g/mol. The van der Waals surface area contributed by atoms with Gasteiger partial charge in [-0.25, -0.2) is 0 Å². The third kappa shape index (κ3) is 5.83. The SMILES string of the molecule is CCCCCCC(Cc1ccc(C)cn1)NC. The first-order valence-corrected chi connectivity index (χ1v) is 6.85. The molecule has 0 spiro atoms. The number of pyridine rings is 1. The fourth-order valence-electron chi connectivity index (χ4n) is 2.04. The van der Waals surface area contributed by atoms with Gasteiger partial charge in [0.1, 0.15) is 0 Å². The molecule has 0 aromatic carbocycles. The average molecular weight is 234 g/mol. The third-order valence-corrected chi connectivity index (χ3v) is 3.24. The Morgan fingerprint density at radius 3 is 2.65 bits per heavy atom. The van der Waals surface area contributed by atoms with Gasteiger partial charge in [0.05, 0.1) is 0 Å². The number of nitrogens with zero attached hydrogens (tertiary/aromatic N) is 1. The Morgan fingerprint density at radius 1 is 1.24 bits per heavy atom. The molecule has 1 atom stereocenters. The Balaban J connectivity index is 2.33. The summed E-state index contributed by atoms with van der Waals surface area (Å²) in [4.78, 5) is 4.47. The van der Waals surface area contributed by atoms with Crippen LogP contribution < -0.4 is 5.32 Å². The zero-order chi connectivity index (χ0) is 12.5. The predicted molar refractivity (Wildman–Crippen MR) is 74.3 cm³/mol. The molecule has 0 fully saturated rings. The maximum Gasteiger partial charge on any atom is 0.0419 e. The molecule has 1 aromatic heterocycles. The number of hydrogen-bond acceptors (Lipinski definition) is 2. The highest BCUT2D eigenvalue weighted by atomic mass is 14.9. The van der Waals surface area contributed by atoms with E-state index in [0.29, 0.717) is 6.04 Å². The lowest BCUT2D eigenvalue weighted by atomic mass is 10.0. The summed E-state index contributed by atoms with van der Waals surface area (Å²) >= 11 is 0. The molecule has 0 aliphatic heterocycles. The van der Waals surface area contributed by atoms with E-state index in [2.05, 4.69) is 43.3 Å². The van der Waals surface area contributed by atoms with Gasteiger partial charge >= 0.3 is 0 Å². The minimum absolute atomic E-state index is 0.571. The molecule has 0 aliphatic rings. The number of rotatable bonds is 8. The second-order valence-corrected chi connectivity index (χ2v) is 4.87. The molecule has 2 heteroatoms. The Kier molecular flexibility index (Phi) is 6.87. The smallest absolute Gasteiger partial charge is 0.0419 e. The van der Waals surface area contributed by atoms with Crippen LogP contribution in [0.15, 0.2) is 18.3 Å².